The van der Waals surface area contributed by atoms with E-state index in [0.29, 0.717) is 18.7 Å². The molecule has 0 bridgehead atoms. The fraction of sp³-hybridized carbons (Fsp3) is 0.333. The van der Waals surface area contributed by atoms with E-state index in [1.165, 1.54) is 35.6 Å². The number of rotatable bonds is 7. The van der Waals surface area contributed by atoms with E-state index in [0.717, 1.165) is 23.5 Å². The monoisotopic (exact) mass is 420 g/mol. The average Bonchev–Trinajstić information content (AvgIpc) is 3.42. The van der Waals surface area contributed by atoms with E-state index >= 15 is 0 Å². The zero-order valence-electron chi connectivity index (χ0n) is 15.0. The van der Waals surface area contributed by atoms with Gasteiger partial charge in [0.15, 0.2) is 4.96 Å². The van der Waals surface area contributed by atoms with E-state index in [2.05, 4.69) is 15.0 Å². The zero-order chi connectivity index (χ0) is 19.6. The lowest BCUT2D eigenvalue weighted by atomic mass is 10.2. The number of nitrogens with zero attached hydrogens (tertiary/aromatic N) is 2. The molecule has 1 saturated heterocycles. The van der Waals surface area contributed by atoms with Gasteiger partial charge in [0.2, 0.25) is 10.0 Å². The third-order valence-electron chi connectivity index (χ3n) is 4.53. The van der Waals surface area contributed by atoms with E-state index in [1.807, 2.05) is 22.2 Å². The molecule has 3 heterocycles. The van der Waals surface area contributed by atoms with Crippen LogP contribution in [0.15, 0.2) is 46.9 Å². The summed E-state index contributed by atoms with van der Waals surface area (Å²) >= 11 is 1.52. The molecule has 1 amide bonds. The molecular formula is C18H20N4O4S2. The number of sulfonamides is 1. The molecule has 148 valence electrons. The molecule has 1 aliphatic heterocycles. The van der Waals surface area contributed by atoms with Crippen molar-refractivity contribution < 1.29 is 17.9 Å². The minimum Gasteiger partial charge on any atom is -0.377 e. The zero-order valence-corrected chi connectivity index (χ0v) is 16.6. The van der Waals surface area contributed by atoms with Gasteiger partial charge in [-0.15, -0.1) is 11.3 Å². The lowest BCUT2D eigenvalue weighted by Crippen LogP contribution is -2.31. The summed E-state index contributed by atoms with van der Waals surface area (Å²) in [6.07, 6.45) is 5.51. The summed E-state index contributed by atoms with van der Waals surface area (Å²) in [5.41, 5.74) is 1.15. The quantitative estimate of drug-likeness (QED) is 0.607. The Hall–Kier alpha value is -2.27. The highest BCUT2D eigenvalue weighted by molar-refractivity contribution is 7.89. The van der Waals surface area contributed by atoms with Crippen LogP contribution in [-0.2, 0) is 21.3 Å². The lowest BCUT2D eigenvalue weighted by Gasteiger charge is -2.11. The minimum atomic E-state index is -3.63. The van der Waals surface area contributed by atoms with Gasteiger partial charge in [0, 0.05) is 36.5 Å². The molecule has 3 aromatic rings. The fourth-order valence-corrected chi connectivity index (χ4v) is 4.80. The topological polar surface area (TPSA) is 102 Å². The Morgan fingerprint density at radius 1 is 1.32 bits per heavy atom. The Morgan fingerprint density at radius 2 is 2.14 bits per heavy atom. The van der Waals surface area contributed by atoms with Crippen LogP contribution in [0.3, 0.4) is 0 Å². The van der Waals surface area contributed by atoms with Gasteiger partial charge in [-0.25, -0.2) is 18.1 Å². The van der Waals surface area contributed by atoms with Crippen LogP contribution in [0.1, 0.15) is 28.9 Å². The third-order valence-corrected chi connectivity index (χ3v) is 6.74. The Kier molecular flexibility index (Phi) is 5.44. The lowest BCUT2D eigenvalue weighted by molar-refractivity contribution is 0.0950. The molecule has 0 aliphatic carbocycles. The first-order valence-corrected chi connectivity index (χ1v) is 11.3. The van der Waals surface area contributed by atoms with Crippen molar-refractivity contribution in [2.24, 2.45) is 0 Å². The summed E-state index contributed by atoms with van der Waals surface area (Å²) in [6.45, 7) is 1.23. The average molecular weight is 421 g/mol. The second kappa shape index (κ2) is 8.00. The van der Waals surface area contributed by atoms with Crippen LogP contribution in [0.4, 0.5) is 0 Å². The number of thiazole rings is 1. The van der Waals surface area contributed by atoms with Crippen molar-refractivity contribution in [1.82, 2.24) is 19.4 Å². The molecule has 1 unspecified atom stereocenters. The van der Waals surface area contributed by atoms with Crippen molar-refractivity contribution in [2.75, 3.05) is 13.2 Å². The number of ether oxygens (including phenoxy) is 1. The fourth-order valence-electron chi connectivity index (χ4n) is 3.01. The predicted molar refractivity (Wildman–Crippen MR) is 105 cm³/mol. The summed E-state index contributed by atoms with van der Waals surface area (Å²) in [4.78, 5) is 17.7. The molecular weight excluding hydrogens is 400 g/mol. The number of aromatic nitrogens is 2. The van der Waals surface area contributed by atoms with Crippen molar-refractivity contribution in [2.45, 2.75) is 30.4 Å². The summed E-state index contributed by atoms with van der Waals surface area (Å²) in [5.74, 6) is -0.285. The Morgan fingerprint density at radius 3 is 2.86 bits per heavy atom. The molecule has 8 nitrogen and oxygen atoms in total. The number of nitrogens with one attached hydrogen (secondary N) is 2. The van der Waals surface area contributed by atoms with E-state index in [-0.39, 0.29) is 23.5 Å². The molecule has 1 aromatic carbocycles. The second-order valence-corrected chi connectivity index (χ2v) is 9.16. The molecule has 28 heavy (non-hydrogen) atoms. The molecule has 1 aliphatic rings. The van der Waals surface area contributed by atoms with E-state index in [9.17, 15) is 13.2 Å². The van der Waals surface area contributed by atoms with Crippen LogP contribution in [0.25, 0.3) is 4.96 Å². The highest BCUT2D eigenvalue weighted by Crippen LogP contribution is 2.15. The molecule has 2 aromatic heterocycles. The second-order valence-electron chi connectivity index (χ2n) is 6.52. The first-order chi connectivity index (χ1) is 13.5. The summed E-state index contributed by atoms with van der Waals surface area (Å²) < 4.78 is 34.6. The maximum Gasteiger partial charge on any atom is 0.251 e. The Bertz CT molecular complexity index is 1040. The van der Waals surface area contributed by atoms with Gasteiger partial charge in [-0.05, 0) is 37.1 Å². The molecule has 0 radical (unpaired) electrons. The molecule has 0 saturated carbocycles. The van der Waals surface area contributed by atoms with Gasteiger partial charge >= 0.3 is 0 Å². The molecule has 10 heteroatoms. The standard InChI is InChI=1S/C18H20N4O4S2/c23-17(19-10-14-12-22-7-9-27-18(22)21-14)13-3-5-16(6-4-13)28(24,25)20-11-15-2-1-8-26-15/h3-7,9,12,15,20H,1-2,8,10-11H2,(H,19,23). The van der Waals surface area contributed by atoms with Crippen molar-refractivity contribution in [3.63, 3.8) is 0 Å². The van der Waals surface area contributed by atoms with Gasteiger partial charge in [-0.2, -0.15) is 0 Å². The number of imidazole rings is 1. The van der Waals surface area contributed by atoms with Gasteiger partial charge < -0.3 is 10.1 Å². The smallest absolute Gasteiger partial charge is 0.251 e. The maximum atomic E-state index is 12.4. The van der Waals surface area contributed by atoms with E-state index < -0.39 is 10.0 Å². The Balaban J connectivity index is 1.34. The summed E-state index contributed by atoms with van der Waals surface area (Å²) in [5, 5.41) is 4.74. The summed E-state index contributed by atoms with van der Waals surface area (Å²) in [7, 11) is -3.63. The van der Waals surface area contributed by atoms with Gasteiger partial charge in [0.25, 0.3) is 5.91 Å². The van der Waals surface area contributed by atoms with E-state index in [4.69, 9.17) is 4.74 Å². The van der Waals surface area contributed by atoms with Gasteiger partial charge in [-0.1, -0.05) is 0 Å². The minimum absolute atomic E-state index is 0.0713. The number of hydrogen-bond donors (Lipinski definition) is 2. The SMILES string of the molecule is O=C(NCc1cn2ccsc2n1)c1ccc(S(=O)(=O)NCC2CCCO2)cc1. The molecule has 1 atom stereocenters. The highest BCUT2D eigenvalue weighted by Gasteiger charge is 2.20. The van der Waals surface area contributed by atoms with Crippen molar-refractivity contribution in [1.29, 1.82) is 0 Å². The molecule has 2 N–H and O–H groups in total. The highest BCUT2D eigenvalue weighted by atomic mass is 32.2. The largest absolute Gasteiger partial charge is 0.377 e. The van der Waals surface area contributed by atoms with E-state index in [1.54, 1.807) is 0 Å². The third kappa shape index (κ3) is 4.25. The number of carbonyl (C=O) groups is 1. The first kappa shape index (κ1) is 19.1. The molecule has 1 fully saturated rings. The summed E-state index contributed by atoms with van der Waals surface area (Å²) in [6, 6.07) is 5.86. The number of amides is 1. The number of carbonyl (C=O) groups excluding carboxylic acids is 1. The molecule has 4 rings (SSSR count). The first-order valence-electron chi connectivity index (χ1n) is 8.92. The number of hydrogen-bond acceptors (Lipinski definition) is 6. The normalized spacial score (nSPS) is 17.2. The van der Waals surface area contributed by atoms with Crippen LogP contribution >= 0.6 is 11.3 Å². The number of fused-ring (bicyclic) bond motifs is 1. The predicted octanol–water partition coefficient (Wildman–Crippen LogP) is 1.78. The van der Waals surface area contributed by atoms with Crippen molar-refractivity contribution in [3.05, 3.63) is 53.3 Å². The Labute approximate surface area is 166 Å². The molecule has 0 spiro atoms. The van der Waals surface area contributed by atoms with Gasteiger partial charge in [-0.3, -0.25) is 9.20 Å². The number of benzene rings is 1. The van der Waals surface area contributed by atoms with Crippen LogP contribution in [0, 0.1) is 0 Å². The van der Waals surface area contributed by atoms with Crippen LogP contribution in [0.5, 0.6) is 0 Å². The van der Waals surface area contributed by atoms with Crippen LogP contribution < -0.4 is 10.0 Å². The van der Waals surface area contributed by atoms with Crippen LogP contribution in [0.2, 0.25) is 0 Å². The van der Waals surface area contributed by atoms with Gasteiger partial charge in [0.05, 0.1) is 23.2 Å². The van der Waals surface area contributed by atoms with Gasteiger partial charge in [0.1, 0.15) is 0 Å². The van der Waals surface area contributed by atoms with Crippen LogP contribution in [-0.4, -0.2) is 43.0 Å². The van der Waals surface area contributed by atoms with Crippen molar-refractivity contribution >= 4 is 32.2 Å². The maximum absolute atomic E-state index is 12.4. The van der Waals surface area contributed by atoms with Crippen molar-refractivity contribution in [3.8, 4) is 0 Å².